The fourth-order valence-corrected chi connectivity index (χ4v) is 1.98. The molecule has 31 heavy (non-hydrogen) atoms. The van der Waals surface area contributed by atoms with Crippen molar-refractivity contribution in [1.82, 2.24) is 10.6 Å². The second kappa shape index (κ2) is 23.0. The van der Waals surface area contributed by atoms with Gasteiger partial charge in [0.1, 0.15) is 19.8 Å². The second-order valence-corrected chi connectivity index (χ2v) is 6.40. The Morgan fingerprint density at radius 3 is 1.35 bits per heavy atom. The second-order valence-electron chi connectivity index (χ2n) is 6.40. The average Bonchev–Trinajstić information content (AvgIpc) is 2.74. The van der Waals surface area contributed by atoms with Crippen LogP contribution in [-0.2, 0) is 42.8 Å². The molecule has 0 aromatic heterocycles. The summed E-state index contributed by atoms with van der Waals surface area (Å²) in [5.41, 5.74) is 0. The van der Waals surface area contributed by atoms with E-state index < -0.39 is 0 Å². The fourth-order valence-electron chi connectivity index (χ4n) is 1.98. The number of nitrogens with one attached hydrogen (secondary N) is 2. The molecule has 0 aliphatic carbocycles. The summed E-state index contributed by atoms with van der Waals surface area (Å²) in [4.78, 5) is 33.7. The Kier molecular flexibility index (Phi) is 21.8. The van der Waals surface area contributed by atoms with E-state index in [1.807, 2.05) is 6.92 Å². The van der Waals surface area contributed by atoms with Crippen molar-refractivity contribution in [3.8, 4) is 0 Å². The summed E-state index contributed by atoms with van der Waals surface area (Å²) in [5.74, 6) is -0.488. The molecule has 2 N–H and O–H groups in total. The Balaban J connectivity index is 3.27. The third-order valence-electron chi connectivity index (χ3n) is 3.37. The summed E-state index contributed by atoms with van der Waals surface area (Å²) in [6, 6.07) is 0. The lowest BCUT2D eigenvalue weighted by atomic mass is 10.5. The molecule has 0 atom stereocenters. The van der Waals surface area contributed by atoms with Gasteiger partial charge in [-0.05, 0) is 13.3 Å². The molecule has 0 bridgehead atoms. The van der Waals surface area contributed by atoms with Crippen LogP contribution < -0.4 is 10.6 Å². The first kappa shape index (κ1) is 29.4. The molecule has 11 nitrogen and oxygen atoms in total. The van der Waals surface area contributed by atoms with Crippen LogP contribution in [0.3, 0.4) is 0 Å². The molecule has 0 unspecified atom stereocenters. The molecule has 0 spiro atoms. The summed E-state index contributed by atoms with van der Waals surface area (Å²) in [7, 11) is 0. The van der Waals surface area contributed by atoms with Gasteiger partial charge in [0.05, 0.1) is 52.9 Å². The summed E-state index contributed by atoms with van der Waals surface area (Å²) in [6.45, 7) is 7.75. The van der Waals surface area contributed by atoms with E-state index in [2.05, 4.69) is 10.6 Å². The zero-order chi connectivity index (χ0) is 23.0. The fraction of sp³-hybridized carbons (Fsp3) is 0.850. The van der Waals surface area contributed by atoms with Gasteiger partial charge in [-0.15, -0.1) is 0 Å². The van der Waals surface area contributed by atoms with Crippen molar-refractivity contribution in [3.63, 3.8) is 0 Å². The highest BCUT2D eigenvalue weighted by Gasteiger charge is 2.02. The Labute approximate surface area is 184 Å². The molecule has 11 heteroatoms. The largest absolute Gasteiger partial charge is 0.379 e. The van der Waals surface area contributed by atoms with E-state index in [1.165, 1.54) is 6.92 Å². The van der Waals surface area contributed by atoms with Crippen molar-refractivity contribution in [2.75, 3.05) is 92.4 Å². The number of hydrogen-bond acceptors (Lipinski definition) is 9. The van der Waals surface area contributed by atoms with E-state index in [9.17, 15) is 14.4 Å². The van der Waals surface area contributed by atoms with Crippen molar-refractivity contribution >= 4 is 17.6 Å². The lowest BCUT2D eigenvalue weighted by molar-refractivity contribution is -0.127. The third kappa shape index (κ3) is 24.5. The maximum Gasteiger partial charge on any atom is 0.246 e. The molecule has 0 aliphatic heterocycles. The number of amides is 2. The minimum absolute atomic E-state index is 0.00755. The van der Waals surface area contributed by atoms with Crippen molar-refractivity contribution < 1.29 is 42.8 Å². The van der Waals surface area contributed by atoms with E-state index in [-0.39, 0.29) is 44.0 Å². The number of ether oxygens (including phenoxy) is 6. The molecule has 2 amide bonds. The van der Waals surface area contributed by atoms with Gasteiger partial charge >= 0.3 is 0 Å². The number of rotatable bonds is 23. The van der Waals surface area contributed by atoms with Gasteiger partial charge in [-0.2, -0.15) is 0 Å². The Morgan fingerprint density at radius 2 is 0.935 bits per heavy atom. The van der Waals surface area contributed by atoms with Gasteiger partial charge in [0.2, 0.25) is 11.8 Å². The number of Topliss-reactive ketones (excluding diaryl/α,β-unsaturated/α-hetero) is 1. The van der Waals surface area contributed by atoms with Crippen LogP contribution in [0, 0.1) is 0 Å². The summed E-state index contributed by atoms with van der Waals surface area (Å²) in [5, 5.41) is 5.33. The monoisotopic (exact) mass is 450 g/mol. The molecule has 0 aliphatic rings. The molecular weight excluding hydrogens is 412 g/mol. The highest BCUT2D eigenvalue weighted by atomic mass is 16.5. The molecule has 182 valence electrons. The van der Waals surface area contributed by atoms with E-state index in [4.69, 9.17) is 28.4 Å². The summed E-state index contributed by atoms with van der Waals surface area (Å²) >= 11 is 0. The maximum absolute atomic E-state index is 11.6. The Bertz CT molecular complexity index is 464. The molecule has 0 saturated carbocycles. The molecule has 0 aromatic carbocycles. The number of carbonyl (C=O) groups is 3. The van der Waals surface area contributed by atoms with Crippen LogP contribution in [0.5, 0.6) is 0 Å². The minimum Gasteiger partial charge on any atom is -0.379 e. The zero-order valence-corrected chi connectivity index (χ0v) is 18.8. The van der Waals surface area contributed by atoms with Crippen LogP contribution in [0.1, 0.15) is 20.3 Å². The van der Waals surface area contributed by atoms with Gasteiger partial charge in [0, 0.05) is 19.7 Å². The molecular formula is C20H38N2O9. The summed E-state index contributed by atoms with van der Waals surface area (Å²) in [6.07, 6.45) is 0.954. The molecule has 0 heterocycles. The minimum atomic E-state index is -0.246. The summed E-state index contributed by atoms with van der Waals surface area (Å²) < 4.78 is 31.2. The molecule has 0 fully saturated rings. The van der Waals surface area contributed by atoms with E-state index in [0.29, 0.717) is 65.9 Å². The first-order chi connectivity index (χ1) is 15.1. The van der Waals surface area contributed by atoms with Crippen LogP contribution in [0.25, 0.3) is 0 Å². The van der Waals surface area contributed by atoms with Crippen molar-refractivity contribution in [1.29, 1.82) is 0 Å². The molecule has 0 aromatic rings. The predicted octanol–water partition coefficient (Wildman–Crippen LogP) is -0.683. The molecule has 0 rings (SSSR count). The number of hydrogen-bond donors (Lipinski definition) is 2. The van der Waals surface area contributed by atoms with Crippen molar-refractivity contribution in [2.45, 2.75) is 20.3 Å². The third-order valence-corrected chi connectivity index (χ3v) is 3.37. The van der Waals surface area contributed by atoms with E-state index in [0.717, 1.165) is 6.42 Å². The van der Waals surface area contributed by atoms with Crippen LogP contribution in [0.2, 0.25) is 0 Å². The number of carbonyl (C=O) groups excluding carboxylic acids is 3. The van der Waals surface area contributed by atoms with Gasteiger partial charge in [-0.3, -0.25) is 14.4 Å². The first-order valence-electron chi connectivity index (χ1n) is 10.6. The van der Waals surface area contributed by atoms with E-state index in [1.54, 1.807) is 0 Å². The SMILES string of the molecule is CCCOCCOCC(=O)NCCOCCOCC(=O)NCCOCCOCC(C)=O. The van der Waals surface area contributed by atoms with Crippen LogP contribution in [-0.4, -0.2) is 110 Å². The normalized spacial score (nSPS) is 10.8. The van der Waals surface area contributed by atoms with Gasteiger partial charge in [-0.25, -0.2) is 0 Å². The molecule has 0 saturated heterocycles. The zero-order valence-electron chi connectivity index (χ0n) is 18.8. The van der Waals surface area contributed by atoms with Crippen LogP contribution >= 0.6 is 0 Å². The maximum atomic E-state index is 11.6. The highest BCUT2D eigenvalue weighted by molar-refractivity contribution is 5.77. The van der Waals surface area contributed by atoms with Crippen LogP contribution in [0.4, 0.5) is 0 Å². The predicted molar refractivity (Wildman–Crippen MR) is 112 cm³/mol. The average molecular weight is 451 g/mol. The quantitative estimate of drug-likeness (QED) is 0.194. The van der Waals surface area contributed by atoms with Gasteiger partial charge in [0.15, 0.2) is 5.78 Å². The standard InChI is InChI=1S/C20H38N2O9/c1-3-6-26-9-13-30-16-19(24)22-5-8-28-11-14-31-17-20(25)21-4-7-27-10-12-29-15-18(2)23/h3-17H2,1-2H3,(H,21,25)(H,22,24). The Morgan fingerprint density at radius 1 is 0.548 bits per heavy atom. The smallest absolute Gasteiger partial charge is 0.246 e. The van der Waals surface area contributed by atoms with Gasteiger partial charge < -0.3 is 39.1 Å². The first-order valence-corrected chi connectivity index (χ1v) is 10.6. The van der Waals surface area contributed by atoms with Crippen LogP contribution in [0.15, 0.2) is 0 Å². The van der Waals surface area contributed by atoms with Crippen molar-refractivity contribution in [2.24, 2.45) is 0 Å². The number of ketones is 1. The van der Waals surface area contributed by atoms with Crippen molar-refractivity contribution in [3.05, 3.63) is 0 Å². The lowest BCUT2D eigenvalue weighted by Gasteiger charge is -2.09. The van der Waals surface area contributed by atoms with Gasteiger partial charge in [0.25, 0.3) is 0 Å². The van der Waals surface area contributed by atoms with Gasteiger partial charge in [-0.1, -0.05) is 6.92 Å². The van der Waals surface area contributed by atoms with E-state index >= 15 is 0 Å². The molecule has 0 radical (unpaired) electrons. The Hall–Kier alpha value is -1.63. The lowest BCUT2D eigenvalue weighted by Crippen LogP contribution is -2.32. The topological polar surface area (TPSA) is 131 Å². The highest BCUT2D eigenvalue weighted by Crippen LogP contribution is 1.84.